The van der Waals surface area contributed by atoms with Crippen LogP contribution in [0.3, 0.4) is 0 Å². The van der Waals surface area contributed by atoms with E-state index in [0.29, 0.717) is 10.6 Å². The molecule has 1 amide bonds. The lowest BCUT2D eigenvalue weighted by molar-refractivity contribution is -0.134. The molecule has 2 aliphatic rings. The molecule has 0 aliphatic carbocycles. The smallest absolute Gasteiger partial charge is 0.365 e. The highest BCUT2D eigenvalue weighted by Crippen LogP contribution is 2.59. The molecule has 0 saturated carbocycles. The molecule has 8 heteroatoms. The molecule has 1 atom stereocenters. The lowest BCUT2D eigenvalue weighted by Crippen LogP contribution is -2.51. The SMILES string of the molecule is CCOC(=O)C1=NN(c2ccc(C)cc2)C2(S1)S/C(=C\c1ccccc1)C(=O)N2c1ccccc1. The van der Waals surface area contributed by atoms with Crippen LogP contribution < -0.4 is 9.91 Å². The number of anilines is 2. The van der Waals surface area contributed by atoms with E-state index in [0.717, 1.165) is 16.8 Å². The Morgan fingerprint density at radius 2 is 1.60 bits per heavy atom. The minimum absolute atomic E-state index is 0.157. The predicted molar refractivity (Wildman–Crippen MR) is 144 cm³/mol. The summed E-state index contributed by atoms with van der Waals surface area (Å²) in [4.78, 5) is 29.0. The number of hydrogen-bond donors (Lipinski definition) is 0. The molecule has 0 N–H and O–H groups in total. The van der Waals surface area contributed by atoms with Crippen molar-refractivity contribution in [3.63, 3.8) is 0 Å². The summed E-state index contributed by atoms with van der Waals surface area (Å²) in [6.45, 7) is 4.01. The quantitative estimate of drug-likeness (QED) is 0.323. The molecule has 5 rings (SSSR count). The molecule has 1 saturated heterocycles. The zero-order chi connectivity index (χ0) is 24.4. The van der Waals surface area contributed by atoms with Crippen molar-refractivity contribution >= 4 is 57.9 Å². The van der Waals surface area contributed by atoms with Gasteiger partial charge in [-0.05, 0) is 61.5 Å². The van der Waals surface area contributed by atoms with Crippen LogP contribution in [0.4, 0.5) is 11.4 Å². The Bertz CT molecular complexity index is 1310. The number of hydrazone groups is 1. The van der Waals surface area contributed by atoms with E-state index in [1.54, 1.807) is 16.8 Å². The van der Waals surface area contributed by atoms with Crippen molar-refractivity contribution in [3.8, 4) is 0 Å². The Morgan fingerprint density at radius 1 is 0.943 bits per heavy atom. The molecular weight excluding hydrogens is 478 g/mol. The van der Waals surface area contributed by atoms with Crippen LogP contribution in [-0.4, -0.2) is 27.9 Å². The average molecular weight is 502 g/mol. The number of carbonyl (C=O) groups is 2. The normalized spacial score (nSPS) is 20.6. The van der Waals surface area contributed by atoms with Crippen molar-refractivity contribution in [2.24, 2.45) is 5.10 Å². The van der Waals surface area contributed by atoms with Gasteiger partial charge in [0.25, 0.3) is 5.91 Å². The topological polar surface area (TPSA) is 62.2 Å². The first-order valence-corrected chi connectivity index (χ1v) is 12.8. The van der Waals surface area contributed by atoms with Crippen molar-refractivity contribution in [2.75, 3.05) is 16.5 Å². The second kappa shape index (κ2) is 9.64. The van der Waals surface area contributed by atoms with Gasteiger partial charge in [0.2, 0.25) is 9.37 Å². The van der Waals surface area contributed by atoms with E-state index in [4.69, 9.17) is 4.74 Å². The summed E-state index contributed by atoms with van der Waals surface area (Å²) in [5.74, 6) is -0.664. The number of benzene rings is 3. The Kier molecular flexibility index (Phi) is 6.40. The Morgan fingerprint density at radius 3 is 2.26 bits per heavy atom. The molecule has 3 aromatic rings. The van der Waals surface area contributed by atoms with Crippen molar-refractivity contribution in [1.82, 2.24) is 0 Å². The van der Waals surface area contributed by atoms with E-state index in [9.17, 15) is 9.59 Å². The van der Waals surface area contributed by atoms with Crippen LogP contribution in [0.5, 0.6) is 0 Å². The molecule has 3 aromatic carbocycles. The maximum Gasteiger partial charge on any atom is 0.365 e. The summed E-state index contributed by atoms with van der Waals surface area (Å²) in [7, 11) is 0. The molecule has 6 nitrogen and oxygen atoms in total. The van der Waals surface area contributed by atoms with E-state index in [1.807, 2.05) is 97.9 Å². The van der Waals surface area contributed by atoms with E-state index in [2.05, 4.69) is 5.10 Å². The number of para-hydroxylation sites is 1. The van der Waals surface area contributed by atoms with Crippen LogP contribution >= 0.6 is 23.5 Å². The Balaban J connectivity index is 1.67. The van der Waals surface area contributed by atoms with Crippen LogP contribution in [0.25, 0.3) is 6.08 Å². The molecular formula is C27H23N3O3S2. The van der Waals surface area contributed by atoms with Gasteiger partial charge in [0, 0.05) is 5.69 Å². The first-order valence-electron chi connectivity index (χ1n) is 11.2. The zero-order valence-electron chi connectivity index (χ0n) is 19.3. The van der Waals surface area contributed by atoms with E-state index >= 15 is 0 Å². The second-order valence-electron chi connectivity index (χ2n) is 7.92. The highest BCUT2D eigenvalue weighted by Gasteiger charge is 2.60. The summed E-state index contributed by atoms with van der Waals surface area (Å²) >= 11 is 2.60. The van der Waals surface area contributed by atoms with Gasteiger partial charge in [-0.1, -0.05) is 78.0 Å². The van der Waals surface area contributed by atoms with Gasteiger partial charge in [0.05, 0.1) is 17.2 Å². The van der Waals surface area contributed by atoms with Crippen LogP contribution in [0.15, 0.2) is 94.9 Å². The van der Waals surface area contributed by atoms with Crippen molar-refractivity contribution in [3.05, 3.63) is 101 Å². The molecule has 1 fully saturated rings. The van der Waals surface area contributed by atoms with Gasteiger partial charge in [-0.2, -0.15) is 5.10 Å². The van der Waals surface area contributed by atoms with Gasteiger partial charge in [-0.3, -0.25) is 9.69 Å². The van der Waals surface area contributed by atoms with E-state index in [1.165, 1.54) is 23.5 Å². The summed E-state index contributed by atoms with van der Waals surface area (Å²) < 4.78 is 4.20. The average Bonchev–Trinajstić information content (AvgIpc) is 3.38. The number of esters is 1. The first kappa shape index (κ1) is 23.3. The fourth-order valence-corrected chi connectivity index (χ4v) is 6.72. The monoisotopic (exact) mass is 501 g/mol. The van der Waals surface area contributed by atoms with Crippen molar-refractivity contribution in [2.45, 2.75) is 18.2 Å². The molecule has 0 bridgehead atoms. The van der Waals surface area contributed by atoms with Gasteiger partial charge in [-0.15, -0.1) is 0 Å². The van der Waals surface area contributed by atoms with E-state index in [-0.39, 0.29) is 17.6 Å². The van der Waals surface area contributed by atoms with Gasteiger partial charge >= 0.3 is 5.97 Å². The van der Waals surface area contributed by atoms with Crippen LogP contribution in [0.2, 0.25) is 0 Å². The highest BCUT2D eigenvalue weighted by atomic mass is 32.2. The predicted octanol–water partition coefficient (Wildman–Crippen LogP) is 5.86. The number of aryl methyl sites for hydroxylation is 1. The summed E-state index contributed by atoms with van der Waals surface area (Å²) in [5.41, 5.74) is 3.50. The molecule has 35 heavy (non-hydrogen) atoms. The van der Waals surface area contributed by atoms with Crippen molar-refractivity contribution < 1.29 is 14.3 Å². The Labute approximate surface area is 212 Å². The largest absolute Gasteiger partial charge is 0.461 e. The molecule has 1 unspecified atom stereocenters. The summed E-state index contributed by atoms with van der Waals surface area (Å²) in [5, 5.41) is 6.65. The molecule has 0 radical (unpaired) electrons. The maximum absolute atomic E-state index is 13.9. The summed E-state index contributed by atoms with van der Waals surface area (Å²) in [6, 6.07) is 27.1. The number of thioether (sulfide) groups is 2. The number of carbonyl (C=O) groups excluding carboxylic acids is 2. The van der Waals surface area contributed by atoms with Crippen molar-refractivity contribution in [1.29, 1.82) is 0 Å². The number of hydrogen-bond acceptors (Lipinski definition) is 7. The van der Waals surface area contributed by atoms with Gasteiger partial charge in [0.1, 0.15) is 0 Å². The third-order valence-electron chi connectivity index (χ3n) is 5.47. The van der Waals surface area contributed by atoms with Crippen LogP contribution in [-0.2, 0) is 14.3 Å². The minimum Gasteiger partial charge on any atom is -0.461 e. The van der Waals surface area contributed by atoms with Gasteiger partial charge in [0.15, 0.2) is 0 Å². The molecule has 176 valence electrons. The van der Waals surface area contributed by atoms with Gasteiger partial charge < -0.3 is 4.74 Å². The highest BCUT2D eigenvalue weighted by molar-refractivity contribution is 8.29. The molecule has 1 spiro atoms. The second-order valence-corrected chi connectivity index (χ2v) is 10.6. The van der Waals surface area contributed by atoms with Crippen LogP contribution in [0, 0.1) is 6.92 Å². The van der Waals surface area contributed by atoms with E-state index < -0.39 is 10.3 Å². The summed E-state index contributed by atoms with van der Waals surface area (Å²) in [6.07, 6.45) is 1.88. The lowest BCUT2D eigenvalue weighted by Gasteiger charge is -2.38. The minimum atomic E-state index is -1.07. The third kappa shape index (κ3) is 4.35. The fourth-order valence-electron chi connectivity index (χ4n) is 3.85. The molecule has 2 heterocycles. The fraction of sp³-hybridized carbons (Fsp3) is 0.148. The number of ether oxygens (including phenoxy) is 1. The number of amides is 1. The number of rotatable bonds is 5. The van der Waals surface area contributed by atoms with Gasteiger partial charge in [-0.25, -0.2) is 9.80 Å². The third-order valence-corrected chi connectivity index (χ3v) is 8.16. The van der Waals surface area contributed by atoms with Crippen LogP contribution in [0.1, 0.15) is 18.1 Å². The Hall–Kier alpha value is -3.49. The molecule has 0 aromatic heterocycles. The number of nitrogens with zero attached hydrogens (tertiary/aromatic N) is 3. The maximum atomic E-state index is 13.9. The lowest BCUT2D eigenvalue weighted by atomic mass is 10.2. The standard InChI is InChI=1S/C27H23N3O3S2/c1-3-33-26(32)24-28-30(22-16-14-19(2)15-17-22)27(35-24)29(21-12-8-5-9-13-21)25(31)23(34-27)18-20-10-6-4-7-11-20/h4-18H,3H2,1-2H3/b23-18-. The zero-order valence-corrected chi connectivity index (χ0v) is 20.9. The molecule has 2 aliphatic heterocycles. The first-order chi connectivity index (χ1) is 17.0.